The molecule has 0 spiro atoms. The Morgan fingerprint density at radius 2 is 2.05 bits per heavy atom. The lowest BCUT2D eigenvalue weighted by molar-refractivity contribution is -0.136. The summed E-state index contributed by atoms with van der Waals surface area (Å²) < 4.78 is 0. The van der Waals surface area contributed by atoms with Gasteiger partial charge >= 0.3 is 6.03 Å². The van der Waals surface area contributed by atoms with Gasteiger partial charge in [-0.2, -0.15) is 0 Å². The van der Waals surface area contributed by atoms with Crippen molar-refractivity contribution in [2.75, 3.05) is 19.6 Å². The highest BCUT2D eigenvalue weighted by Crippen LogP contribution is 2.18. The topological polar surface area (TPSA) is 69.7 Å². The number of rotatable bonds is 3. The van der Waals surface area contributed by atoms with Crippen LogP contribution in [-0.2, 0) is 9.59 Å². The first-order valence-electron chi connectivity index (χ1n) is 7.31. The molecule has 1 aromatic heterocycles. The van der Waals surface area contributed by atoms with Crippen LogP contribution in [0.15, 0.2) is 23.2 Å². The standard InChI is InChI=1S/C15H17N3O3S/c19-13(17-6-2-1-3-7-17)10-18-14(20)12(16-15(18)21)9-11-5-4-8-22-11/h4-5,8-9H,1-3,6-7,10H2,(H,16,21). The average Bonchev–Trinajstić information content (AvgIpc) is 3.12. The third kappa shape index (κ3) is 3.04. The fraction of sp³-hybridized carbons (Fsp3) is 0.400. The van der Waals surface area contributed by atoms with E-state index in [1.165, 1.54) is 11.3 Å². The van der Waals surface area contributed by atoms with E-state index in [-0.39, 0.29) is 18.1 Å². The van der Waals surface area contributed by atoms with Gasteiger partial charge in [-0.25, -0.2) is 9.69 Å². The SMILES string of the molecule is O=C(CN1C(=O)NC(=Cc2cccs2)C1=O)N1CCCCC1. The van der Waals surface area contributed by atoms with Crippen LogP contribution in [0, 0.1) is 0 Å². The molecule has 0 aromatic carbocycles. The molecule has 0 bridgehead atoms. The summed E-state index contributed by atoms with van der Waals surface area (Å²) in [5.41, 5.74) is 0.221. The maximum absolute atomic E-state index is 12.3. The van der Waals surface area contributed by atoms with E-state index >= 15 is 0 Å². The molecule has 1 aromatic rings. The number of nitrogens with zero attached hydrogens (tertiary/aromatic N) is 2. The highest BCUT2D eigenvalue weighted by molar-refractivity contribution is 7.10. The van der Waals surface area contributed by atoms with Crippen molar-refractivity contribution in [3.63, 3.8) is 0 Å². The van der Waals surface area contributed by atoms with E-state index in [0.29, 0.717) is 13.1 Å². The van der Waals surface area contributed by atoms with Crippen LogP contribution in [0.4, 0.5) is 4.79 Å². The Labute approximate surface area is 132 Å². The Morgan fingerprint density at radius 3 is 2.73 bits per heavy atom. The summed E-state index contributed by atoms with van der Waals surface area (Å²) in [6, 6.07) is 3.20. The third-order valence-electron chi connectivity index (χ3n) is 3.79. The number of hydrogen-bond acceptors (Lipinski definition) is 4. The molecule has 3 rings (SSSR count). The van der Waals surface area contributed by atoms with Crippen molar-refractivity contribution in [2.45, 2.75) is 19.3 Å². The molecule has 2 aliphatic rings. The molecular weight excluding hydrogens is 302 g/mol. The fourth-order valence-electron chi connectivity index (χ4n) is 2.61. The number of nitrogens with one attached hydrogen (secondary N) is 1. The van der Waals surface area contributed by atoms with Gasteiger partial charge in [0.25, 0.3) is 5.91 Å². The lowest BCUT2D eigenvalue weighted by Crippen LogP contribution is -2.44. The number of hydrogen-bond donors (Lipinski definition) is 1. The van der Waals surface area contributed by atoms with Gasteiger partial charge in [0.15, 0.2) is 0 Å². The first kappa shape index (κ1) is 14.8. The lowest BCUT2D eigenvalue weighted by Gasteiger charge is -2.27. The van der Waals surface area contributed by atoms with E-state index in [4.69, 9.17) is 0 Å². The summed E-state index contributed by atoms with van der Waals surface area (Å²) in [5.74, 6) is -0.607. The second kappa shape index (κ2) is 6.31. The van der Waals surface area contributed by atoms with Gasteiger partial charge in [-0.1, -0.05) is 6.07 Å². The Hall–Kier alpha value is -2.15. The molecule has 2 fully saturated rings. The van der Waals surface area contributed by atoms with E-state index in [0.717, 1.165) is 29.0 Å². The molecule has 0 radical (unpaired) electrons. The zero-order valence-corrected chi connectivity index (χ0v) is 12.9. The molecule has 3 heterocycles. The van der Waals surface area contributed by atoms with Crippen LogP contribution in [0.1, 0.15) is 24.1 Å². The quantitative estimate of drug-likeness (QED) is 0.680. The van der Waals surface area contributed by atoms with Crippen molar-refractivity contribution in [1.82, 2.24) is 15.1 Å². The van der Waals surface area contributed by atoms with Crippen molar-refractivity contribution < 1.29 is 14.4 Å². The molecule has 2 saturated heterocycles. The van der Waals surface area contributed by atoms with Crippen molar-refractivity contribution >= 4 is 35.3 Å². The molecular formula is C15H17N3O3S. The molecule has 0 unspecified atom stereocenters. The van der Waals surface area contributed by atoms with Gasteiger partial charge in [-0.05, 0) is 36.8 Å². The Balaban J connectivity index is 1.68. The monoisotopic (exact) mass is 319 g/mol. The number of likely N-dealkylation sites (tertiary alicyclic amines) is 1. The van der Waals surface area contributed by atoms with E-state index in [1.54, 1.807) is 11.0 Å². The maximum Gasteiger partial charge on any atom is 0.329 e. The van der Waals surface area contributed by atoms with Gasteiger partial charge in [0.2, 0.25) is 5.91 Å². The fourth-order valence-corrected chi connectivity index (χ4v) is 3.27. The molecule has 4 amide bonds. The number of amides is 4. The van der Waals surface area contributed by atoms with Crippen LogP contribution >= 0.6 is 11.3 Å². The normalized spacial score (nSPS) is 20.6. The third-order valence-corrected chi connectivity index (χ3v) is 4.61. The predicted octanol–water partition coefficient (Wildman–Crippen LogP) is 1.65. The molecule has 0 saturated carbocycles. The minimum Gasteiger partial charge on any atom is -0.341 e. The Morgan fingerprint density at radius 1 is 1.27 bits per heavy atom. The number of imide groups is 1. The summed E-state index contributed by atoms with van der Waals surface area (Å²) in [7, 11) is 0. The average molecular weight is 319 g/mol. The van der Waals surface area contributed by atoms with Crippen LogP contribution in [-0.4, -0.2) is 47.3 Å². The van der Waals surface area contributed by atoms with Crippen molar-refractivity contribution in [2.24, 2.45) is 0 Å². The van der Waals surface area contributed by atoms with E-state index < -0.39 is 11.9 Å². The van der Waals surface area contributed by atoms with Crippen molar-refractivity contribution in [3.05, 3.63) is 28.1 Å². The van der Waals surface area contributed by atoms with Gasteiger partial charge < -0.3 is 10.2 Å². The second-order valence-electron chi connectivity index (χ2n) is 5.34. The number of piperidine rings is 1. The van der Waals surface area contributed by atoms with Crippen LogP contribution in [0.25, 0.3) is 6.08 Å². The van der Waals surface area contributed by atoms with Crippen molar-refractivity contribution in [3.8, 4) is 0 Å². The zero-order valence-electron chi connectivity index (χ0n) is 12.1. The van der Waals surface area contributed by atoms with Gasteiger partial charge in [0.1, 0.15) is 12.2 Å². The highest BCUT2D eigenvalue weighted by atomic mass is 32.1. The summed E-state index contributed by atoms with van der Waals surface area (Å²) in [6.45, 7) is 1.23. The maximum atomic E-state index is 12.3. The van der Waals surface area contributed by atoms with E-state index in [9.17, 15) is 14.4 Å². The van der Waals surface area contributed by atoms with E-state index in [1.807, 2.05) is 17.5 Å². The van der Waals surface area contributed by atoms with Gasteiger partial charge in [-0.15, -0.1) is 11.3 Å². The second-order valence-corrected chi connectivity index (χ2v) is 6.32. The first-order valence-corrected chi connectivity index (χ1v) is 8.19. The number of carbonyl (C=O) groups excluding carboxylic acids is 3. The summed E-state index contributed by atoms with van der Waals surface area (Å²) in [5, 5.41) is 4.43. The van der Waals surface area contributed by atoms with Crippen LogP contribution in [0.5, 0.6) is 0 Å². The van der Waals surface area contributed by atoms with E-state index in [2.05, 4.69) is 5.32 Å². The van der Waals surface area contributed by atoms with Gasteiger partial charge in [0, 0.05) is 18.0 Å². The first-order chi connectivity index (χ1) is 10.6. The van der Waals surface area contributed by atoms with Crippen molar-refractivity contribution in [1.29, 1.82) is 0 Å². The molecule has 22 heavy (non-hydrogen) atoms. The Bertz CT molecular complexity index is 618. The Kier molecular flexibility index (Phi) is 4.24. The van der Waals surface area contributed by atoms with Crippen LogP contribution in [0.2, 0.25) is 0 Å². The summed E-state index contributed by atoms with van der Waals surface area (Å²) in [6.07, 6.45) is 4.72. The largest absolute Gasteiger partial charge is 0.341 e. The summed E-state index contributed by atoms with van der Waals surface area (Å²) >= 11 is 1.48. The summed E-state index contributed by atoms with van der Waals surface area (Å²) in [4.78, 5) is 40.0. The highest BCUT2D eigenvalue weighted by Gasteiger charge is 2.36. The molecule has 7 heteroatoms. The number of carbonyl (C=O) groups is 3. The van der Waals surface area contributed by atoms with Gasteiger partial charge in [-0.3, -0.25) is 9.59 Å². The number of urea groups is 1. The van der Waals surface area contributed by atoms with Crippen LogP contribution < -0.4 is 5.32 Å². The minimum absolute atomic E-state index is 0.166. The molecule has 0 atom stereocenters. The number of thiophene rings is 1. The minimum atomic E-state index is -0.529. The lowest BCUT2D eigenvalue weighted by atomic mass is 10.1. The molecule has 2 aliphatic heterocycles. The zero-order chi connectivity index (χ0) is 15.5. The molecule has 1 N–H and O–H groups in total. The molecule has 116 valence electrons. The van der Waals surface area contributed by atoms with Gasteiger partial charge in [0.05, 0.1) is 0 Å². The smallest absolute Gasteiger partial charge is 0.329 e. The molecule has 0 aliphatic carbocycles. The molecule has 6 nitrogen and oxygen atoms in total. The van der Waals surface area contributed by atoms with Crippen LogP contribution in [0.3, 0.4) is 0 Å². The predicted molar refractivity (Wildman–Crippen MR) is 83.0 cm³/mol.